The van der Waals surface area contributed by atoms with Gasteiger partial charge in [-0.15, -0.1) is 11.3 Å². The molecule has 19 heavy (non-hydrogen) atoms. The molecule has 3 heterocycles. The Bertz CT molecular complexity index is 765. The maximum Gasteiger partial charge on any atom is 0.261 e. The quantitative estimate of drug-likeness (QED) is 0.779. The molecule has 0 aliphatic heterocycles. The molecule has 0 unspecified atom stereocenters. The van der Waals surface area contributed by atoms with Crippen LogP contribution in [-0.2, 0) is 0 Å². The largest absolute Gasteiger partial charge is 0.298 e. The third kappa shape index (κ3) is 2.36. The predicted molar refractivity (Wildman–Crippen MR) is 75.5 cm³/mol. The highest BCUT2D eigenvalue weighted by molar-refractivity contribution is 9.10. The van der Waals surface area contributed by atoms with E-state index in [2.05, 4.69) is 36.3 Å². The zero-order valence-electron chi connectivity index (χ0n) is 9.79. The van der Waals surface area contributed by atoms with Crippen LogP contribution < -0.4 is 5.32 Å². The molecule has 0 aliphatic rings. The van der Waals surface area contributed by atoms with Gasteiger partial charge in [0.15, 0.2) is 10.8 Å². The minimum Gasteiger partial charge on any atom is -0.298 e. The topological polar surface area (TPSA) is 72.2 Å². The Hall–Kier alpha value is -1.80. The molecule has 0 atom stereocenters. The number of nitrogens with one attached hydrogen (secondary N) is 1. The number of rotatable bonds is 2. The van der Waals surface area contributed by atoms with Gasteiger partial charge in [-0.1, -0.05) is 0 Å². The number of thiazole rings is 1. The summed E-state index contributed by atoms with van der Waals surface area (Å²) in [4.78, 5) is 20.5. The van der Waals surface area contributed by atoms with Crippen molar-refractivity contribution in [1.29, 1.82) is 0 Å². The highest BCUT2D eigenvalue weighted by Gasteiger charge is 2.15. The van der Waals surface area contributed by atoms with E-state index in [1.165, 1.54) is 17.7 Å². The van der Waals surface area contributed by atoms with E-state index in [4.69, 9.17) is 0 Å². The van der Waals surface area contributed by atoms with Gasteiger partial charge in [-0.25, -0.2) is 14.5 Å². The van der Waals surface area contributed by atoms with Crippen molar-refractivity contribution in [3.63, 3.8) is 0 Å². The molecule has 0 aliphatic carbocycles. The van der Waals surface area contributed by atoms with E-state index in [-0.39, 0.29) is 5.91 Å². The molecule has 3 rings (SSSR count). The van der Waals surface area contributed by atoms with Crippen molar-refractivity contribution in [3.8, 4) is 0 Å². The van der Waals surface area contributed by atoms with E-state index < -0.39 is 0 Å². The van der Waals surface area contributed by atoms with Gasteiger partial charge in [-0.05, 0) is 28.9 Å². The van der Waals surface area contributed by atoms with Crippen LogP contribution in [0, 0.1) is 6.92 Å². The number of pyridine rings is 1. The van der Waals surface area contributed by atoms with Crippen LogP contribution in [0.25, 0.3) is 5.65 Å². The second-order valence-corrected chi connectivity index (χ2v) is 5.62. The van der Waals surface area contributed by atoms with Crippen LogP contribution in [0.2, 0.25) is 0 Å². The molecule has 0 radical (unpaired) electrons. The summed E-state index contributed by atoms with van der Waals surface area (Å²) in [5.41, 5.74) is 1.83. The first-order valence-corrected chi connectivity index (χ1v) is 7.03. The van der Waals surface area contributed by atoms with Crippen molar-refractivity contribution < 1.29 is 4.79 Å². The Morgan fingerprint density at radius 1 is 1.53 bits per heavy atom. The highest BCUT2D eigenvalue weighted by atomic mass is 79.9. The first-order chi connectivity index (χ1) is 9.13. The maximum absolute atomic E-state index is 12.2. The third-order valence-corrected chi connectivity index (χ3v) is 3.74. The standard InChI is InChI=1S/C11H8BrN5OS/c1-6-4-19-11(15-6)16-10(18)8-2-7(12)3-17-9(8)13-5-14-17/h2-5H,1H3,(H,15,16,18). The van der Waals surface area contributed by atoms with Crippen molar-refractivity contribution in [2.24, 2.45) is 0 Å². The zero-order chi connectivity index (χ0) is 13.4. The maximum atomic E-state index is 12.2. The fraction of sp³-hybridized carbons (Fsp3) is 0.0909. The lowest BCUT2D eigenvalue weighted by molar-refractivity contribution is 0.102. The summed E-state index contributed by atoms with van der Waals surface area (Å²) in [6.07, 6.45) is 3.15. The van der Waals surface area contributed by atoms with Crippen LogP contribution in [-0.4, -0.2) is 25.5 Å². The monoisotopic (exact) mass is 337 g/mol. The summed E-state index contributed by atoms with van der Waals surface area (Å²) in [6.45, 7) is 1.88. The minimum absolute atomic E-state index is 0.256. The number of anilines is 1. The number of fused-ring (bicyclic) bond motifs is 1. The Kier molecular flexibility index (Phi) is 3.03. The fourth-order valence-corrected chi connectivity index (χ4v) is 2.74. The van der Waals surface area contributed by atoms with Gasteiger partial charge < -0.3 is 0 Å². The van der Waals surface area contributed by atoms with Gasteiger partial charge in [0.05, 0.1) is 11.3 Å². The number of carbonyl (C=O) groups excluding carboxylic acids is 1. The molecule has 8 heteroatoms. The number of amides is 1. The second-order valence-electron chi connectivity index (χ2n) is 3.85. The van der Waals surface area contributed by atoms with Gasteiger partial charge in [-0.3, -0.25) is 10.1 Å². The molecule has 96 valence electrons. The molecule has 3 aromatic rings. The van der Waals surface area contributed by atoms with Crippen LogP contribution in [0.1, 0.15) is 16.1 Å². The first kappa shape index (κ1) is 12.2. The zero-order valence-corrected chi connectivity index (χ0v) is 12.2. The SMILES string of the molecule is Cc1csc(NC(=O)c2cc(Br)cn3ncnc23)n1. The number of hydrogen-bond acceptors (Lipinski definition) is 5. The third-order valence-electron chi connectivity index (χ3n) is 2.43. The fourth-order valence-electron chi connectivity index (χ4n) is 1.64. The predicted octanol–water partition coefficient (Wildman–Crippen LogP) is 2.51. The lowest BCUT2D eigenvalue weighted by Gasteiger charge is -2.04. The van der Waals surface area contributed by atoms with Crippen molar-refractivity contribution in [2.45, 2.75) is 6.92 Å². The number of hydrogen-bond donors (Lipinski definition) is 1. The van der Waals surface area contributed by atoms with Gasteiger partial charge in [0.2, 0.25) is 0 Å². The Morgan fingerprint density at radius 2 is 2.37 bits per heavy atom. The van der Waals surface area contributed by atoms with E-state index in [0.29, 0.717) is 16.3 Å². The van der Waals surface area contributed by atoms with E-state index in [1.54, 1.807) is 16.8 Å². The molecule has 0 bridgehead atoms. The normalized spacial score (nSPS) is 10.8. The van der Waals surface area contributed by atoms with Gasteiger partial charge in [0, 0.05) is 16.0 Å². The molecule has 0 spiro atoms. The summed E-state index contributed by atoms with van der Waals surface area (Å²) in [5, 5.41) is 9.22. The summed E-state index contributed by atoms with van der Waals surface area (Å²) >= 11 is 4.73. The Balaban J connectivity index is 1.99. The molecular weight excluding hydrogens is 330 g/mol. The first-order valence-electron chi connectivity index (χ1n) is 5.36. The molecular formula is C11H8BrN5OS. The van der Waals surface area contributed by atoms with Crippen LogP contribution >= 0.6 is 27.3 Å². The lowest BCUT2D eigenvalue weighted by atomic mass is 10.2. The molecule has 0 saturated carbocycles. The Morgan fingerprint density at radius 3 is 3.11 bits per heavy atom. The molecule has 0 aromatic carbocycles. The number of aromatic nitrogens is 4. The summed E-state index contributed by atoms with van der Waals surface area (Å²) in [6, 6.07) is 1.71. The summed E-state index contributed by atoms with van der Waals surface area (Å²) in [5.74, 6) is -0.256. The van der Waals surface area contributed by atoms with Gasteiger partial charge in [0.25, 0.3) is 5.91 Å². The van der Waals surface area contributed by atoms with Crippen LogP contribution in [0.5, 0.6) is 0 Å². The lowest BCUT2D eigenvalue weighted by Crippen LogP contribution is -2.13. The van der Waals surface area contributed by atoms with E-state index in [0.717, 1.165) is 10.2 Å². The summed E-state index contributed by atoms with van der Waals surface area (Å²) < 4.78 is 2.30. The Labute approximate surface area is 120 Å². The van der Waals surface area contributed by atoms with Crippen molar-refractivity contribution in [3.05, 3.63) is 39.7 Å². The average Bonchev–Trinajstić information content (AvgIpc) is 2.96. The smallest absolute Gasteiger partial charge is 0.261 e. The minimum atomic E-state index is -0.256. The molecule has 6 nitrogen and oxygen atoms in total. The number of nitrogens with zero attached hydrogens (tertiary/aromatic N) is 4. The van der Waals surface area contributed by atoms with Crippen molar-refractivity contribution in [1.82, 2.24) is 19.6 Å². The van der Waals surface area contributed by atoms with Crippen molar-refractivity contribution >= 4 is 44.0 Å². The van der Waals surface area contributed by atoms with Gasteiger partial charge in [-0.2, -0.15) is 5.10 Å². The molecule has 1 amide bonds. The van der Waals surface area contributed by atoms with Gasteiger partial charge in [0.1, 0.15) is 6.33 Å². The highest BCUT2D eigenvalue weighted by Crippen LogP contribution is 2.19. The van der Waals surface area contributed by atoms with Gasteiger partial charge >= 0.3 is 0 Å². The van der Waals surface area contributed by atoms with Crippen LogP contribution in [0.3, 0.4) is 0 Å². The summed E-state index contributed by atoms with van der Waals surface area (Å²) in [7, 11) is 0. The molecule has 1 N–H and O–H groups in total. The second kappa shape index (κ2) is 4.71. The number of halogens is 1. The number of aryl methyl sites for hydroxylation is 1. The average molecular weight is 338 g/mol. The van der Waals surface area contributed by atoms with E-state index in [9.17, 15) is 4.79 Å². The van der Waals surface area contributed by atoms with Crippen molar-refractivity contribution in [2.75, 3.05) is 5.32 Å². The van der Waals surface area contributed by atoms with Crippen LogP contribution in [0.4, 0.5) is 5.13 Å². The van der Waals surface area contributed by atoms with Crippen LogP contribution in [0.15, 0.2) is 28.4 Å². The van der Waals surface area contributed by atoms with E-state index >= 15 is 0 Å². The molecule has 3 aromatic heterocycles. The number of carbonyl (C=O) groups is 1. The van der Waals surface area contributed by atoms with E-state index in [1.807, 2.05) is 12.3 Å². The molecule has 0 saturated heterocycles. The molecule has 0 fully saturated rings.